The normalized spacial score (nSPS) is 9.33. The van der Waals surface area contributed by atoms with E-state index in [1.165, 1.54) is 18.2 Å². The molecule has 0 heterocycles. The Morgan fingerprint density at radius 2 is 2.17 bits per heavy atom. The molecule has 0 aliphatic carbocycles. The van der Waals surface area contributed by atoms with E-state index in [4.69, 9.17) is 15.6 Å². The molecular weight excluding hydrogens is 158 g/mol. The summed E-state index contributed by atoms with van der Waals surface area (Å²) in [6.45, 7) is 0. The van der Waals surface area contributed by atoms with Crippen LogP contribution in [-0.2, 0) is 0 Å². The molecular formula is C8H7NO3. The molecule has 12 heavy (non-hydrogen) atoms. The lowest BCUT2D eigenvalue weighted by Crippen LogP contribution is -1.96. The van der Waals surface area contributed by atoms with Crippen LogP contribution in [-0.4, -0.2) is 22.4 Å². The second-order valence-electron chi connectivity index (χ2n) is 2.22. The van der Waals surface area contributed by atoms with Gasteiger partial charge in [0.15, 0.2) is 0 Å². The van der Waals surface area contributed by atoms with Crippen molar-refractivity contribution in [2.45, 2.75) is 0 Å². The highest BCUT2D eigenvalue weighted by atomic mass is 16.4. The first-order valence-electron chi connectivity index (χ1n) is 3.22. The second kappa shape index (κ2) is 3.04. The zero-order chi connectivity index (χ0) is 9.14. The largest absolute Gasteiger partial charge is 0.507 e. The quantitative estimate of drug-likeness (QED) is 0.573. The Balaban J connectivity index is 3.22. The predicted molar refractivity (Wildman–Crippen MR) is 43.0 cm³/mol. The zero-order valence-corrected chi connectivity index (χ0v) is 6.11. The summed E-state index contributed by atoms with van der Waals surface area (Å²) in [5.74, 6) is -1.16. The molecule has 1 aromatic rings. The number of rotatable bonds is 2. The maximum absolute atomic E-state index is 10.4. The lowest BCUT2D eigenvalue weighted by atomic mass is 10.1. The average Bonchev–Trinajstić information content (AvgIpc) is 2.05. The topological polar surface area (TPSA) is 81.4 Å². The molecule has 0 unspecified atom stereocenters. The van der Waals surface area contributed by atoms with Crippen LogP contribution < -0.4 is 0 Å². The molecule has 1 aromatic carbocycles. The van der Waals surface area contributed by atoms with Gasteiger partial charge in [0.1, 0.15) is 5.75 Å². The van der Waals surface area contributed by atoms with E-state index < -0.39 is 5.97 Å². The van der Waals surface area contributed by atoms with Crippen molar-refractivity contribution < 1.29 is 15.0 Å². The van der Waals surface area contributed by atoms with Crippen LogP contribution in [0, 0.1) is 5.41 Å². The van der Waals surface area contributed by atoms with Gasteiger partial charge in [0, 0.05) is 11.8 Å². The number of phenolic OH excluding ortho intramolecular Hbond substituents is 1. The van der Waals surface area contributed by atoms with Gasteiger partial charge in [0.2, 0.25) is 0 Å². The molecule has 1 rings (SSSR count). The fourth-order valence-corrected chi connectivity index (χ4v) is 0.803. The predicted octanol–water partition coefficient (Wildman–Crippen LogP) is 1.09. The van der Waals surface area contributed by atoms with Crippen LogP contribution >= 0.6 is 0 Å². The van der Waals surface area contributed by atoms with Crippen molar-refractivity contribution in [3.05, 3.63) is 29.3 Å². The third kappa shape index (κ3) is 1.42. The van der Waals surface area contributed by atoms with E-state index >= 15 is 0 Å². The van der Waals surface area contributed by atoms with E-state index in [9.17, 15) is 4.79 Å². The standard InChI is InChI=1S/C8H7NO3/c9-4-6-3-5(8(11)12)1-2-7(6)10/h1-4,9-10H,(H,11,12). The third-order valence-electron chi connectivity index (χ3n) is 1.43. The minimum absolute atomic E-state index is 0.0614. The number of hydrogen-bond donors (Lipinski definition) is 3. The molecule has 4 heteroatoms. The van der Waals surface area contributed by atoms with E-state index in [2.05, 4.69) is 0 Å². The number of phenols is 1. The Labute approximate surface area is 68.6 Å². The lowest BCUT2D eigenvalue weighted by molar-refractivity contribution is 0.0697. The average molecular weight is 165 g/mol. The number of hydrogen-bond acceptors (Lipinski definition) is 3. The summed E-state index contributed by atoms with van der Waals surface area (Å²) < 4.78 is 0. The van der Waals surface area contributed by atoms with Crippen molar-refractivity contribution in [3.8, 4) is 5.75 Å². The number of benzene rings is 1. The van der Waals surface area contributed by atoms with E-state index in [1.807, 2.05) is 0 Å². The molecule has 0 bridgehead atoms. The van der Waals surface area contributed by atoms with Gasteiger partial charge in [0.05, 0.1) is 5.56 Å². The van der Waals surface area contributed by atoms with Gasteiger partial charge in [-0.05, 0) is 18.2 Å². The Bertz CT molecular complexity index is 333. The molecule has 3 N–H and O–H groups in total. The van der Waals surface area contributed by atoms with Crippen LogP contribution in [0.15, 0.2) is 18.2 Å². The lowest BCUT2D eigenvalue weighted by Gasteiger charge is -1.98. The number of carboxylic acid groups (broad SMARTS) is 1. The van der Waals surface area contributed by atoms with Crippen molar-refractivity contribution >= 4 is 12.2 Å². The molecule has 62 valence electrons. The van der Waals surface area contributed by atoms with Gasteiger partial charge in [-0.15, -0.1) is 0 Å². The first kappa shape index (κ1) is 8.26. The summed E-state index contributed by atoms with van der Waals surface area (Å²) >= 11 is 0. The smallest absolute Gasteiger partial charge is 0.335 e. The molecule has 0 aliphatic rings. The van der Waals surface area contributed by atoms with Crippen LogP contribution in [0.25, 0.3) is 0 Å². The fourth-order valence-electron chi connectivity index (χ4n) is 0.803. The minimum atomic E-state index is -1.07. The number of nitrogens with one attached hydrogen (secondary N) is 1. The summed E-state index contributed by atoms with van der Waals surface area (Å²) in [6, 6.07) is 3.78. The van der Waals surface area contributed by atoms with Gasteiger partial charge >= 0.3 is 5.97 Å². The molecule has 0 aromatic heterocycles. The van der Waals surface area contributed by atoms with Crippen molar-refractivity contribution in [1.82, 2.24) is 0 Å². The van der Waals surface area contributed by atoms with Crippen LogP contribution in [0.2, 0.25) is 0 Å². The molecule has 0 atom stereocenters. The van der Waals surface area contributed by atoms with Gasteiger partial charge in [-0.3, -0.25) is 0 Å². The van der Waals surface area contributed by atoms with Crippen molar-refractivity contribution in [2.75, 3.05) is 0 Å². The Morgan fingerprint density at radius 3 is 2.67 bits per heavy atom. The van der Waals surface area contributed by atoms with Crippen LogP contribution in [0.5, 0.6) is 5.75 Å². The molecule has 0 spiro atoms. The first-order chi connectivity index (χ1) is 5.65. The van der Waals surface area contributed by atoms with Crippen molar-refractivity contribution in [1.29, 1.82) is 5.41 Å². The van der Waals surface area contributed by atoms with Gasteiger partial charge in [-0.1, -0.05) is 0 Å². The highest BCUT2D eigenvalue weighted by molar-refractivity contribution is 5.91. The first-order valence-corrected chi connectivity index (χ1v) is 3.22. The summed E-state index contributed by atoms with van der Waals surface area (Å²) in [7, 11) is 0. The SMILES string of the molecule is N=Cc1cc(C(=O)O)ccc1O. The Hall–Kier alpha value is -1.84. The number of carboxylic acids is 1. The Morgan fingerprint density at radius 1 is 1.50 bits per heavy atom. The Kier molecular flexibility index (Phi) is 2.09. The summed E-state index contributed by atoms with van der Waals surface area (Å²) in [6.07, 6.45) is 0.905. The van der Waals surface area contributed by atoms with Gasteiger partial charge < -0.3 is 15.6 Å². The molecule has 0 saturated carbocycles. The summed E-state index contributed by atoms with van der Waals surface area (Å²) in [5, 5.41) is 24.5. The number of carbonyl (C=O) groups is 1. The molecule has 0 amide bonds. The molecule has 0 aliphatic heterocycles. The molecule has 0 saturated heterocycles. The molecule has 0 radical (unpaired) electrons. The van der Waals surface area contributed by atoms with Crippen molar-refractivity contribution in [2.24, 2.45) is 0 Å². The van der Waals surface area contributed by atoms with Gasteiger partial charge in [-0.2, -0.15) is 0 Å². The second-order valence-corrected chi connectivity index (χ2v) is 2.22. The highest BCUT2D eigenvalue weighted by Gasteiger charge is 2.05. The summed E-state index contributed by atoms with van der Waals surface area (Å²) in [5.41, 5.74) is 0.265. The van der Waals surface area contributed by atoms with Crippen molar-refractivity contribution in [3.63, 3.8) is 0 Å². The minimum Gasteiger partial charge on any atom is -0.507 e. The van der Waals surface area contributed by atoms with E-state index in [1.54, 1.807) is 0 Å². The highest BCUT2D eigenvalue weighted by Crippen LogP contribution is 2.15. The maximum atomic E-state index is 10.4. The van der Waals surface area contributed by atoms with E-state index in [0.29, 0.717) is 0 Å². The van der Waals surface area contributed by atoms with Crippen LogP contribution in [0.1, 0.15) is 15.9 Å². The monoisotopic (exact) mass is 165 g/mol. The van der Waals surface area contributed by atoms with Gasteiger partial charge in [-0.25, -0.2) is 4.79 Å². The number of aromatic carboxylic acids is 1. The molecule has 4 nitrogen and oxygen atoms in total. The van der Waals surface area contributed by atoms with E-state index in [0.717, 1.165) is 6.21 Å². The van der Waals surface area contributed by atoms with Gasteiger partial charge in [0.25, 0.3) is 0 Å². The van der Waals surface area contributed by atoms with Crippen LogP contribution in [0.4, 0.5) is 0 Å². The number of aromatic hydroxyl groups is 1. The van der Waals surface area contributed by atoms with E-state index in [-0.39, 0.29) is 16.9 Å². The van der Waals surface area contributed by atoms with Crippen LogP contribution in [0.3, 0.4) is 0 Å². The maximum Gasteiger partial charge on any atom is 0.335 e. The fraction of sp³-hybridized carbons (Fsp3) is 0. The zero-order valence-electron chi connectivity index (χ0n) is 6.11. The third-order valence-corrected chi connectivity index (χ3v) is 1.43. The molecule has 0 fully saturated rings. The summed E-state index contributed by atoms with van der Waals surface area (Å²) in [4.78, 5) is 10.4.